The van der Waals surface area contributed by atoms with Crippen LogP contribution in [0.3, 0.4) is 0 Å². The van der Waals surface area contributed by atoms with Gasteiger partial charge in [-0.3, -0.25) is 10.00 Å². The number of carbonyl (C=O) groups is 1. The Morgan fingerprint density at radius 2 is 2.11 bits per heavy atom. The number of ether oxygens (including phenoxy) is 1. The fourth-order valence-corrected chi connectivity index (χ4v) is 1.62. The topological polar surface area (TPSA) is 94.2 Å². The minimum absolute atomic E-state index is 0.401. The van der Waals surface area contributed by atoms with Crippen LogP contribution in [-0.4, -0.2) is 22.9 Å². The highest BCUT2D eigenvalue weighted by Gasteiger charge is 2.11. The maximum atomic E-state index is 11.9. The van der Waals surface area contributed by atoms with Crippen LogP contribution in [0.1, 0.15) is 0 Å². The van der Waals surface area contributed by atoms with Crippen molar-refractivity contribution in [3.63, 3.8) is 0 Å². The molecule has 0 unspecified atom stereocenters. The monoisotopic (exact) mass is 261 g/mol. The molecule has 2 amide bonds. The summed E-state index contributed by atoms with van der Waals surface area (Å²) in [4.78, 5) is 11.9. The van der Waals surface area contributed by atoms with Crippen molar-refractivity contribution >= 4 is 23.2 Å². The van der Waals surface area contributed by atoms with E-state index in [0.717, 1.165) is 0 Å². The standard InChI is InChI=1S/C12H15N5O2/c1-17-11(8(13)7-14-17)16-12(18)15-9-5-3-4-6-10(9)19-2/h3-7H,13H2,1-2H3,(H2,15,16,18). The number of para-hydroxylation sites is 2. The highest BCUT2D eigenvalue weighted by atomic mass is 16.5. The van der Waals surface area contributed by atoms with Gasteiger partial charge in [-0.05, 0) is 12.1 Å². The molecule has 1 heterocycles. The summed E-state index contributed by atoms with van der Waals surface area (Å²) >= 11 is 0. The van der Waals surface area contributed by atoms with Gasteiger partial charge in [0.05, 0.1) is 24.7 Å². The summed E-state index contributed by atoms with van der Waals surface area (Å²) in [7, 11) is 3.23. The lowest BCUT2D eigenvalue weighted by Gasteiger charge is -2.11. The average Bonchev–Trinajstić information content (AvgIpc) is 2.71. The van der Waals surface area contributed by atoms with Gasteiger partial charge < -0.3 is 15.8 Å². The molecular weight excluding hydrogens is 246 g/mol. The SMILES string of the molecule is COc1ccccc1NC(=O)Nc1c(N)cnn1C. The first-order chi connectivity index (χ1) is 9.11. The average molecular weight is 261 g/mol. The Balaban J connectivity index is 2.10. The maximum Gasteiger partial charge on any atom is 0.325 e. The van der Waals surface area contributed by atoms with Crippen LogP contribution in [-0.2, 0) is 7.05 Å². The molecule has 7 nitrogen and oxygen atoms in total. The summed E-state index contributed by atoms with van der Waals surface area (Å²) in [5, 5.41) is 9.25. The van der Waals surface area contributed by atoms with Crippen LogP contribution in [0.5, 0.6) is 5.75 Å². The second-order valence-corrected chi connectivity index (χ2v) is 3.85. The van der Waals surface area contributed by atoms with E-state index in [2.05, 4.69) is 15.7 Å². The highest BCUT2D eigenvalue weighted by molar-refractivity contribution is 6.01. The maximum absolute atomic E-state index is 11.9. The number of nitrogens with one attached hydrogen (secondary N) is 2. The first-order valence-electron chi connectivity index (χ1n) is 5.60. The van der Waals surface area contributed by atoms with Crippen molar-refractivity contribution in [1.82, 2.24) is 9.78 Å². The largest absolute Gasteiger partial charge is 0.495 e. The molecule has 19 heavy (non-hydrogen) atoms. The number of anilines is 3. The van der Waals surface area contributed by atoms with E-state index in [9.17, 15) is 4.79 Å². The fourth-order valence-electron chi connectivity index (χ4n) is 1.62. The molecule has 2 aromatic rings. The number of nitrogens with two attached hydrogens (primary N) is 1. The first-order valence-corrected chi connectivity index (χ1v) is 5.60. The Morgan fingerprint density at radius 1 is 1.37 bits per heavy atom. The van der Waals surface area contributed by atoms with E-state index in [0.29, 0.717) is 22.9 Å². The van der Waals surface area contributed by atoms with Crippen molar-refractivity contribution in [2.45, 2.75) is 0 Å². The van der Waals surface area contributed by atoms with E-state index >= 15 is 0 Å². The van der Waals surface area contributed by atoms with Crippen molar-refractivity contribution < 1.29 is 9.53 Å². The number of methoxy groups -OCH3 is 1. The lowest BCUT2D eigenvalue weighted by molar-refractivity contribution is 0.262. The second kappa shape index (κ2) is 5.30. The number of carbonyl (C=O) groups excluding carboxylic acids is 1. The van der Waals surface area contributed by atoms with E-state index in [1.165, 1.54) is 18.0 Å². The number of nitrogens with zero attached hydrogens (tertiary/aromatic N) is 2. The number of aryl methyl sites for hydroxylation is 1. The normalized spacial score (nSPS) is 10.0. The van der Waals surface area contributed by atoms with Crippen LogP contribution in [0.4, 0.5) is 22.0 Å². The Kier molecular flexibility index (Phi) is 3.56. The van der Waals surface area contributed by atoms with Crippen molar-refractivity contribution in [3.8, 4) is 5.75 Å². The smallest absolute Gasteiger partial charge is 0.325 e. The predicted molar refractivity (Wildman–Crippen MR) is 73.3 cm³/mol. The third kappa shape index (κ3) is 2.76. The van der Waals surface area contributed by atoms with Crippen molar-refractivity contribution in [3.05, 3.63) is 30.5 Å². The van der Waals surface area contributed by atoms with E-state index in [4.69, 9.17) is 10.5 Å². The van der Waals surface area contributed by atoms with Gasteiger partial charge in [-0.1, -0.05) is 12.1 Å². The fraction of sp³-hybridized carbons (Fsp3) is 0.167. The summed E-state index contributed by atoms with van der Waals surface area (Å²) in [5.41, 5.74) is 6.66. The van der Waals surface area contributed by atoms with Gasteiger partial charge in [-0.25, -0.2) is 4.79 Å². The number of hydrogen-bond acceptors (Lipinski definition) is 4. The van der Waals surface area contributed by atoms with Crippen LogP contribution < -0.4 is 21.1 Å². The lowest BCUT2D eigenvalue weighted by Crippen LogP contribution is -2.22. The molecule has 0 spiro atoms. The predicted octanol–water partition coefficient (Wildman–Crippen LogP) is 1.65. The van der Waals surface area contributed by atoms with Crippen LogP contribution in [0.2, 0.25) is 0 Å². The van der Waals surface area contributed by atoms with E-state index < -0.39 is 6.03 Å². The number of urea groups is 1. The van der Waals surface area contributed by atoms with Gasteiger partial charge in [0.25, 0.3) is 0 Å². The molecule has 1 aromatic heterocycles. The van der Waals surface area contributed by atoms with Crippen LogP contribution in [0, 0.1) is 0 Å². The van der Waals surface area contributed by atoms with Gasteiger partial charge in [0.1, 0.15) is 5.75 Å². The van der Waals surface area contributed by atoms with E-state index in [1.807, 2.05) is 6.07 Å². The van der Waals surface area contributed by atoms with Crippen molar-refractivity contribution in [1.29, 1.82) is 0 Å². The summed E-state index contributed by atoms with van der Waals surface area (Å²) in [6, 6.07) is 6.70. The van der Waals surface area contributed by atoms with Gasteiger partial charge >= 0.3 is 6.03 Å². The Labute approximate surface area is 110 Å². The molecule has 2 rings (SSSR count). The Bertz CT molecular complexity index is 574. The molecule has 4 N–H and O–H groups in total. The first kappa shape index (κ1) is 12.7. The molecule has 0 aliphatic rings. The highest BCUT2D eigenvalue weighted by Crippen LogP contribution is 2.23. The molecule has 1 aromatic carbocycles. The Hall–Kier alpha value is -2.70. The zero-order valence-corrected chi connectivity index (χ0v) is 10.7. The van der Waals surface area contributed by atoms with Gasteiger partial charge in [0.2, 0.25) is 0 Å². The molecule has 100 valence electrons. The zero-order valence-electron chi connectivity index (χ0n) is 10.7. The third-order valence-corrected chi connectivity index (χ3v) is 2.55. The second-order valence-electron chi connectivity index (χ2n) is 3.85. The van der Waals surface area contributed by atoms with Crippen molar-refractivity contribution in [2.75, 3.05) is 23.5 Å². The number of aromatic nitrogens is 2. The number of amides is 2. The summed E-state index contributed by atoms with van der Waals surface area (Å²) in [6.45, 7) is 0. The summed E-state index contributed by atoms with van der Waals surface area (Å²) in [5.74, 6) is 1.02. The molecule has 0 aliphatic heterocycles. The molecule has 7 heteroatoms. The number of benzene rings is 1. The zero-order chi connectivity index (χ0) is 13.8. The van der Waals surface area contributed by atoms with E-state index in [1.54, 1.807) is 25.2 Å². The van der Waals surface area contributed by atoms with Crippen LogP contribution in [0.25, 0.3) is 0 Å². The molecule has 0 aliphatic carbocycles. The van der Waals surface area contributed by atoms with Gasteiger partial charge in [-0.15, -0.1) is 0 Å². The van der Waals surface area contributed by atoms with Crippen LogP contribution >= 0.6 is 0 Å². The van der Waals surface area contributed by atoms with Crippen LogP contribution in [0.15, 0.2) is 30.5 Å². The lowest BCUT2D eigenvalue weighted by atomic mass is 10.3. The number of hydrogen-bond donors (Lipinski definition) is 3. The molecule has 0 saturated carbocycles. The molecule has 0 saturated heterocycles. The van der Waals surface area contributed by atoms with Gasteiger partial charge in [0, 0.05) is 7.05 Å². The van der Waals surface area contributed by atoms with Crippen molar-refractivity contribution in [2.24, 2.45) is 7.05 Å². The quantitative estimate of drug-likeness (QED) is 0.783. The number of nitrogen functional groups attached to an aromatic ring is 1. The molecular formula is C12H15N5O2. The number of rotatable bonds is 3. The Morgan fingerprint density at radius 3 is 2.74 bits per heavy atom. The van der Waals surface area contributed by atoms with Gasteiger partial charge in [0.15, 0.2) is 5.82 Å². The molecule has 0 radical (unpaired) electrons. The molecule has 0 fully saturated rings. The molecule has 0 atom stereocenters. The summed E-state index contributed by atoms with van der Waals surface area (Å²) in [6.07, 6.45) is 1.47. The summed E-state index contributed by atoms with van der Waals surface area (Å²) < 4.78 is 6.63. The minimum Gasteiger partial charge on any atom is -0.495 e. The minimum atomic E-state index is -0.417. The van der Waals surface area contributed by atoms with Gasteiger partial charge in [-0.2, -0.15) is 5.10 Å². The molecule has 0 bridgehead atoms. The van der Waals surface area contributed by atoms with E-state index in [-0.39, 0.29) is 0 Å². The third-order valence-electron chi connectivity index (χ3n) is 2.55.